The molecule has 2 aromatic carbocycles. The molecular formula is C25H27FN4O2. The van der Waals surface area contributed by atoms with E-state index in [1.807, 2.05) is 12.1 Å². The van der Waals surface area contributed by atoms with Crippen LogP contribution in [0, 0.1) is 5.82 Å². The van der Waals surface area contributed by atoms with Gasteiger partial charge in [-0.3, -0.25) is 9.69 Å². The molecule has 32 heavy (non-hydrogen) atoms. The molecule has 6 nitrogen and oxygen atoms in total. The van der Waals surface area contributed by atoms with Crippen LogP contribution in [0.4, 0.5) is 4.39 Å². The van der Waals surface area contributed by atoms with Crippen molar-refractivity contribution in [2.24, 2.45) is 0 Å². The number of aromatic nitrogens is 2. The van der Waals surface area contributed by atoms with Crippen molar-refractivity contribution in [2.45, 2.75) is 32.4 Å². The Morgan fingerprint density at radius 1 is 1.06 bits per heavy atom. The fourth-order valence-corrected chi connectivity index (χ4v) is 4.56. The van der Waals surface area contributed by atoms with Gasteiger partial charge in [-0.05, 0) is 42.5 Å². The first kappa shape index (κ1) is 20.8. The Labute approximate surface area is 187 Å². The van der Waals surface area contributed by atoms with Crippen LogP contribution in [0.1, 0.15) is 39.3 Å². The van der Waals surface area contributed by atoms with Crippen molar-refractivity contribution in [1.82, 2.24) is 20.0 Å². The molecule has 0 unspecified atom stereocenters. The smallest absolute Gasteiger partial charge is 0.272 e. The van der Waals surface area contributed by atoms with E-state index in [1.54, 1.807) is 22.9 Å². The summed E-state index contributed by atoms with van der Waals surface area (Å²) >= 11 is 0. The van der Waals surface area contributed by atoms with Crippen LogP contribution in [-0.4, -0.2) is 46.9 Å². The lowest BCUT2D eigenvalue weighted by molar-refractivity contribution is 0.0342. The second kappa shape index (κ2) is 9.22. The maximum absolute atomic E-state index is 14.4. The molecule has 5 rings (SSSR count). The molecule has 166 valence electrons. The third-order valence-corrected chi connectivity index (χ3v) is 6.18. The Balaban J connectivity index is 1.29. The number of amides is 1. The average Bonchev–Trinajstić information content (AvgIpc) is 3.42. The van der Waals surface area contributed by atoms with Gasteiger partial charge in [0.1, 0.15) is 11.5 Å². The molecule has 0 atom stereocenters. The molecule has 0 saturated carbocycles. The van der Waals surface area contributed by atoms with Gasteiger partial charge in [-0.15, -0.1) is 0 Å². The van der Waals surface area contributed by atoms with Crippen molar-refractivity contribution in [3.63, 3.8) is 0 Å². The van der Waals surface area contributed by atoms with Gasteiger partial charge in [0.05, 0.1) is 13.2 Å². The highest BCUT2D eigenvalue weighted by Gasteiger charge is 2.27. The van der Waals surface area contributed by atoms with Crippen molar-refractivity contribution >= 4 is 5.91 Å². The zero-order chi connectivity index (χ0) is 21.9. The molecule has 1 amide bonds. The monoisotopic (exact) mass is 434 g/mol. The van der Waals surface area contributed by atoms with E-state index in [9.17, 15) is 9.18 Å². The summed E-state index contributed by atoms with van der Waals surface area (Å²) in [7, 11) is 0. The van der Waals surface area contributed by atoms with Gasteiger partial charge in [0, 0.05) is 37.4 Å². The van der Waals surface area contributed by atoms with Crippen LogP contribution in [0.2, 0.25) is 0 Å². The lowest BCUT2D eigenvalue weighted by Gasteiger charge is -2.26. The average molecular weight is 435 g/mol. The number of nitrogens with zero attached hydrogens (tertiary/aromatic N) is 3. The van der Waals surface area contributed by atoms with Gasteiger partial charge in [-0.1, -0.05) is 36.4 Å². The van der Waals surface area contributed by atoms with Gasteiger partial charge in [-0.2, -0.15) is 5.10 Å². The lowest BCUT2D eigenvalue weighted by atomic mass is 10.1. The number of benzene rings is 2. The summed E-state index contributed by atoms with van der Waals surface area (Å²) in [5, 5.41) is 7.53. The van der Waals surface area contributed by atoms with Crippen LogP contribution < -0.4 is 5.32 Å². The molecule has 0 bridgehead atoms. The Morgan fingerprint density at radius 3 is 2.72 bits per heavy atom. The quantitative estimate of drug-likeness (QED) is 0.647. The topological polar surface area (TPSA) is 59.4 Å². The van der Waals surface area contributed by atoms with E-state index in [0.29, 0.717) is 17.9 Å². The van der Waals surface area contributed by atoms with Crippen molar-refractivity contribution in [1.29, 1.82) is 0 Å². The molecule has 2 heterocycles. The summed E-state index contributed by atoms with van der Waals surface area (Å²) in [6.07, 6.45) is 2.54. The van der Waals surface area contributed by atoms with E-state index in [1.165, 1.54) is 11.6 Å². The third-order valence-electron chi connectivity index (χ3n) is 6.18. The van der Waals surface area contributed by atoms with Crippen LogP contribution in [-0.2, 0) is 30.7 Å². The predicted molar refractivity (Wildman–Crippen MR) is 119 cm³/mol. The number of ether oxygens (including phenoxy) is 1. The molecule has 1 aliphatic carbocycles. The second-order valence-electron chi connectivity index (χ2n) is 8.38. The highest BCUT2D eigenvalue weighted by molar-refractivity contribution is 5.94. The van der Waals surface area contributed by atoms with E-state index < -0.39 is 0 Å². The van der Waals surface area contributed by atoms with E-state index >= 15 is 0 Å². The van der Waals surface area contributed by atoms with Gasteiger partial charge in [0.2, 0.25) is 0 Å². The molecule has 0 radical (unpaired) electrons. The molecule has 1 aromatic heterocycles. The third kappa shape index (κ3) is 4.31. The molecule has 1 N–H and O–H groups in total. The summed E-state index contributed by atoms with van der Waals surface area (Å²) in [6, 6.07) is 14.9. The minimum Gasteiger partial charge on any atom is -0.379 e. The number of morpholine rings is 1. The Bertz CT molecular complexity index is 1120. The highest BCUT2D eigenvalue weighted by Crippen LogP contribution is 2.28. The second-order valence-corrected chi connectivity index (χ2v) is 8.38. The fraction of sp³-hybridized carbons (Fsp3) is 0.360. The Kier molecular flexibility index (Phi) is 6.01. The number of rotatable bonds is 6. The lowest BCUT2D eigenvalue weighted by Crippen LogP contribution is -2.35. The number of hydrogen-bond acceptors (Lipinski definition) is 4. The van der Waals surface area contributed by atoms with Crippen molar-refractivity contribution < 1.29 is 13.9 Å². The molecular weight excluding hydrogens is 407 g/mol. The number of fused-ring (bicyclic) bond motifs is 1. The molecule has 1 fully saturated rings. The zero-order valence-corrected chi connectivity index (χ0v) is 18.0. The number of para-hydroxylation sites is 1. The van der Waals surface area contributed by atoms with E-state index in [0.717, 1.165) is 68.9 Å². The molecule has 1 aliphatic heterocycles. The van der Waals surface area contributed by atoms with Gasteiger partial charge >= 0.3 is 0 Å². The number of halogens is 1. The first-order valence-electron chi connectivity index (χ1n) is 11.2. The number of hydrogen-bond donors (Lipinski definition) is 1. The molecule has 2 aliphatic rings. The normalized spacial score (nSPS) is 16.2. The molecule has 1 saturated heterocycles. The Hall–Kier alpha value is -3.03. The first-order chi connectivity index (χ1) is 15.7. The van der Waals surface area contributed by atoms with Crippen molar-refractivity contribution in [2.75, 3.05) is 26.3 Å². The largest absolute Gasteiger partial charge is 0.379 e. The van der Waals surface area contributed by atoms with Crippen LogP contribution in [0.5, 0.6) is 0 Å². The standard InChI is InChI=1S/C25H27FN4O2/c26-21-8-1-2-9-23(21)30-22-10-4-7-20(22)24(28-30)25(31)27-16-18-5-3-6-19(15-18)17-29-11-13-32-14-12-29/h1-3,5-6,8-9,15H,4,7,10-14,16-17H2,(H,27,31). The maximum atomic E-state index is 14.4. The van der Waals surface area contributed by atoms with Crippen LogP contribution >= 0.6 is 0 Å². The maximum Gasteiger partial charge on any atom is 0.272 e. The molecule has 0 spiro atoms. The minimum atomic E-state index is -0.339. The van der Waals surface area contributed by atoms with Crippen molar-refractivity contribution in [3.05, 3.63) is 82.4 Å². The summed E-state index contributed by atoms with van der Waals surface area (Å²) in [5.41, 5.74) is 4.95. The van der Waals surface area contributed by atoms with Gasteiger partial charge < -0.3 is 10.1 Å². The number of carbonyl (C=O) groups excluding carboxylic acids is 1. The predicted octanol–water partition coefficient (Wildman–Crippen LogP) is 3.26. The van der Waals surface area contributed by atoms with Gasteiger partial charge in [0.15, 0.2) is 5.69 Å². The first-order valence-corrected chi connectivity index (χ1v) is 11.2. The summed E-state index contributed by atoms with van der Waals surface area (Å²) in [4.78, 5) is 15.4. The van der Waals surface area contributed by atoms with Crippen LogP contribution in [0.15, 0.2) is 48.5 Å². The van der Waals surface area contributed by atoms with E-state index in [4.69, 9.17) is 4.74 Å². The highest BCUT2D eigenvalue weighted by atomic mass is 19.1. The van der Waals surface area contributed by atoms with Crippen LogP contribution in [0.3, 0.4) is 0 Å². The molecule has 3 aromatic rings. The van der Waals surface area contributed by atoms with Crippen LogP contribution in [0.25, 0.3) is 5.69 Å². The fourth-order valence-electron chi connectivity index (χ4n) is 4.56. The molecule has 7 heteroatoms. The summed E-state index contributed by atoms with van der Waals surface area (Å²) in [5.74, 6) is -0.550. The van der Waals surface area contributed by atoms with E-state index in [-0.39, 0.29) is 11.7 Å². The number of carbonyl (C=O) groups is 1. The zero-order valence-electron chi connectivity index (χ0n) is 18.0. The summed E-state index contributed by atoms with van der Waals surface area (Å²) < 4.78 is 21.4. The SMILES string of the molecule is O=C(NCc1cccc(CN2CCOCC2)c1)c1nn(-c2ccccc2F)c2c1CCC2. The van der Waals surface area contributed by atoms with Gasteiger partial charge in [-0.25, -0.2) is 9.07 Å². The number of nitrogens with one attached hydrogen (secondary N) is 1. The van der Waals surface area contributed by atoms with E-state index in [2.05, 4.69) is 27.4 Å². The Morgan fingerprint density at radius 2 is 1.88 bits per heavy atom. The summed E-state index contributed by atoms with van der Waals surface area (Å²) in [6.45, 7) is 4.75. The minimum absolute atomic E-state index is 0.211. The van der Waals surface area contributed by atoms with Crippen molar-refractivity contribution in [3.8, 4) is 5.69 Å². The van der Waals surface area contributed by atoms with Gasteiger partial charge in [0.25, 0.3) is 5.91 Å².